The monoisotopic (exact) mass is 273 g/mol. The number of benzene rings is 1. The molecule has 0 N–H and O–H groups in total. The van der Waals surface area contributed by atoms with Gasteiger partial charge < -0.3 is 9.64 Å². The first kappa shape index (κ1) is 13.9. The third-order valence-corrected chi connectivity index (χ3v) is 2.40. The van der Waals surface area contributed by atoms with Gasteiger partial charge in [-0.2, -0.15) is 0 Å². The fourth-order valence-electron chi connectivity index (χ4n) is 1.32. The Morgan fingerprint density at radius 1 is 1.41 bits per heavy atom. The second-order valence-corrected chi connectivity index (χ2v) is 4.55. The number of carbonyl (C=O) groups is 1. The van der Waals surface area contributed by atoms with E-state index in [2.05, 4.69) is 0 Å². The van der Waals surface area contributed by atoms with Gasteiger partial charge in [-0.3, -0.25) is 4.79 Å². The Labute approximate surface area is 111 Å². The highest BCUT2D eigenvalue weighted by Gasteiger charge is 2.05. The van der Waals surface area contributed by atoms with Gasteiger partial charge in [-0.05, 0) is 24.3 Å². The summed E-state index contributed by atoms with van der Waals surface area (Å²) in [6, 6.07) is 5.29. The first-order valence-corrected chi connectivity index (χ1v) is 5.70. The predicted molar refractivity (Wildman–Crippen MR) is 71.4 cm³/mol. The summed E-state index contributed by atoms with van der Waals surface area (Å²) in [6.45, 7) is 0.266. The maximum Gasteiger partial charge on any atom is 0.152 e. The second kappa shape index (κ2) is 6.52. The zero-order valence-electron chi connectivity index (χ0n) is 9.61. The lowest BCUT2D eigenvalue weighted by molar-refractivity contribution is 0.112. The summed E-state index contributed by atoms with van der Waals surface area (Å²) in [6.07, 6.45) is 2.33. The van der Waals surface area contributed by atoms with Crippen LogP contribution in [0.4, 0.5) is 5.69 Å². The number of carbonyl (C=O) groups excluding carboxylic acids is 1. The lowest BCUT2D eigenvalue weighted by atomic mass is 10.2. The van der Waals surface area contributed by atoms with Crippen molar-refractivity contribution in [1.82, 2.24) is 0 Å². The van der Waals surface area contributed by atoms with Crippen molar-refractivity contribution in [3.8, 4) is 5.75 Å². The van der Waals surface area contributed by atoms with Crippen molar-refractivity contribution in [3.63, 3.8) is 0 Å². The predicted octanol–water partition coefficient (Wildman–Crippen LogP) is 3.26. The molecule has 5 heteroatoms. The van der Waals surface area contributed by atoms with Gasteiger partial charge in [0.2, 0.25) is 0 Å². The van der Waals surface area contributed by atoms with E-state index < -0.39 is 0 Å². The van der Waals surface area contributed by atoms with Crippen LogP contribution in [-0.2, 0) is 0 Å². The maximum absolute atomic E-state index is 10.9. The molecule has 0 aliphatic carbocycles. The number of anilines is 1. The van der Waals surface area contributed by atoms with Gasteiger partial charge in [-0.25, -0.2) is 0 Å². The van der Waals surface area contributed by atoms with Crippen LogP contribution >= 0.6 is 23.2 Å². The Bertz CT molecular complexity index is 427. The van der Waals surface area contributed by atoms with E-state index >= 15 is 0 Å². The highest BCUT2D eigenvalue weighted by atomic mass is 35.5. The van der Waals surface area contributed by atoms with Crippen molar-refractivity contribution >= 4 is 35.2 Å². The fourth-order valence-corrected chi connectivity index (χ4v) is 1.45. The molecule has 0 bridgehead atoms. The molecule has 0 radical (unpaired) electrons. The fraction of sp³-hybridized carbons (Fsp3) is 0.250. The normalized spacial score (nSPS) is 9.65. The summed E-state index contributed by atoms with van der Waals surface area (Å²) >= 11 is 10.9. The molecule has 0 heterocycles. The van der Waals surface area contributed by atoms with Crippen LogP contribution in [0.1, 0.15) is 10.4 Å². The Morgan fingerprint density at radius 3 is 2.65 bits per heavy atom. The SMILES string of the molecule is CN(C)c1ccc(OCC=C(Cl)Cl)cc1C=O. The average Bonchev–Trinajstić information content (AvgIpc) is 2.28. The summed E-state index contributed by atoms with van der Waals surface area (Å²) in [4.78, 5) is 12.8. The van der Waals surface area contributed by atoms with E-state index in [4.69, 9.17) is 27.9 Å². The Morgan fingerprint density at radius 2 is 2.12 bits per heavy atom. The molecule has 1 rings (SSSR count). The largest absolute Gasteiger partial charge is 0.489 e. The molecule has 0 atom stereocenters. The van der Waals surface area contributed by atoms with Gasteiger partial charge in [0.15, 0.2) is 6.29 Å². The Hall–Kier alpha value is -1.19. The van der Waals surface area contributed by atoms with Crippen molar-refractivity contribution in [2.75, 3.05) is 25.6 Å². The number of halogens is 2. The molecule has 0 spiro atoms. The van der Waals surface area contributed by atoms with Gasteiger partial charge >= 0.3 is 0 Å². The number of ether oxygens (including phenoxy) is 1. The Kier molecular flexibility index (Phi) is 5.32. The summed E-state index contributed by atoms with van der Waals surface area (Å²) in [5.41, 5.74) is 1.42. The summed E-state index contributed by atoms with van der Waals surface area (Å²) in [7, 11) is 3.75. The van der Waals surface area contributed by atoms with Crippen LogP contribution in [0.25, 0.3) is 0 Å². The van der Waals surface area contributed by atoms with Crippen LogP contribution in [0, 0.1) is 0 Å². The number of hydrogen-bond acceptors (Lipinski definition) is 3. The van der Waals surface area contributed by atoms with Crippen LogP contribution in [0.2, 0.25) is 0 Å². The van der Waals surface area contributed by atoms with E-state index in [0.717, 1.165) is 12.0 Å². The molecule has 0 saturated carbocycles. The van der Waals surface area contributed by atoms with Crippen molar-refractivity contribution in [1.29, 1.82) is 0 Å². The minimum absolute atomic E-state index is 0.158. The van der Waals surface area contributed by atoms with E-state index in [0.29, 0.717) is 11.3 Å². The molecule has 17 heavy (non-hydrogen) atoms. The molecule has 1 aromatic rings. The number of rotatable bonds is 5. The van der Waals surface area contributed by atoms with Gasteiger partial charge in [-0.15, -0.1) is 0 Å². The summed E-state index contributed by atoms with van der Waals surface area (Å²) < 4.78 is 5.53. The zero-order valence-corrected chi connectivity index (χ0v) is 11.1. The number of aldehydes is 1. The summed E-state index contributed by atoms with van der Waals surface area (Å²) in [5, 5.41) is 0. The first-order chi connectivity index (χ1) is 8.04. The molecule has 0 aromatic heterocycles. The van der Waals surface area contributed by atoms with E-state index in [1.54, 1.807) is 12.1 Å². The third kappa shape index (κ3) is 4.29. The average molecular weight is 274 g/mol. The molecule has 0 saturated heterocycles. The lowest BCUT2D eigenvalue weighted by Crippen LogP contribution is -2.11. The maximum atomic E-state index is 10.9. The first-order valence-electron chi connectivity index (χ1n) is 4.95. The van der Waals surface area contributed by atoms with E-state index in [1.807, 2.05) is 25.1 Å². The molecule has 3 nitrogen and oxygen atoms in total. The van der Waals surface area contributed by atoms with Crippen molar-refractivity contribution in [2.24, 2.45) is 0 Å². The molecule has 0 amide bonds. The topological polar surface area (TPSA) is 29.5 Å². The van der Waals surface area contributed by atoms with Crippen LogP contribution in [0.3, 0.4) is 0 Å². The standard InChI is InChI=1S/C12H13Cl2NO2/c1-15(2)11-4-3-10(7-9(11)8-16)17-6-5-12(13)14/h3-5,7-8H,6H2,1-2H3. The number of hydrogen-bond donors (Lipinski definition) is 0. The lowest BCUT2D eigenvalue weighted by Gasteiger charge is -2.15. The smallest absolute Gasteiger partial charge is 0.152 e. The van der Waals surface area contributed by atoms with E-state index in [1.165, 1.54) is 6.08 Å². The molecule has 92 valence electrons. The minimum Gasteiger partial charge on any atom is -0.489 e. The van der Waals surface area contributed by atoms with Crippen molar-refractivity contribution in [2.45, 2.75) is 0 Å². The summed E-state index contributed by atoms with van der Waals surface area (Å²) in [5.74, 6) is 0.600. The molecular weight excluding hydrogens is 261 g/mol. The highest BCUT2D eigenvalue weighted by Crippen LogP contribution is 2.22. The highest BCUT2D eigenvalue weighted by molar-refractivity contribution is 6.55. The quantitative estimate of drug-likeness (QED) is 0.772. The van der Waals surface area contributed by atoms with Crippen LogP contribution in [0.15, 0.2) is 28.8 Å². The Balaban J connectivity index is 2.83. The van der Waals surface area contributed by atoms with Crippen LogP contribution in [-0.4, -0.2) is 27.0 Å². The van der Waals surface area contributed by atoms with E-state index in [-0.39, 0.29) is 11.1 Å². The van der Waals surface area contributed by atoms with Crippen LogP contribution in [0.5, 0.6) is 5.75 Å². The van der Waals surface area contributed by atoms with Gasteiger partial charge in [0.05, 0.1) is 0 Å². The van der Waals surface area contributed by atoms with Gasteiger partial charge in [0.25, 0.3) is 0 Å². The van der Waals surface area contributed by atoms with Crippen molar-refractivity contribution < 1.29 is 9.53 Å². The third-order valence-electron chi connectivity index (χ3n) is 2.10. The molecular formula is C12H13Cl2NO2. The number of nitrogens with zero attached hydrogens (tertiary/aromatic N) is 1. The van der Waals surface area contributed by atoms with Gasteiger partial charge in [-0.1, -0.05) is 23.2 Å². The van der Waals surface area contributed by atoms with Crippen LogP contribution < -0.4 is 9.64 Å². The zero-order chi connectivity index (χ0) is 12.8. The minimum atomic E-state index is 0.158. The van der Waals surface area contributed by atoms with Gasteiger partial charge in [0, 0.05) is 25.3 Å². The molecule has 1 aromatic carbocycles. The molecule has 0 fully saturated rings. The van der Waals surface area contributed by atoms with Gasteiger partial charge in [0.1, 0.15) is 16.8 Å². The van der Waals surface area contributed by atoms with E-state index in [9.17, 15) is 4.79 Å². The van der Waals surface area contributed by atoms with Crippen molar-refractivity contribution in [3.05, 3.63) is 34.3 Å². The molecule has 0 aliphatic rings. The second-order valence-electron chi connectivity index (χ2n) is 3.54. The molecule has 0 aliphatic heterocycles. The molecule has 0 unspecified atom stereocenters.